The minimum Gasteiger partial charge on any atom is -0.335 e. The molecule has 1 aromatic rings. The first kappa shape index (κ1) is 12.2. The molecule has 0 radical (unpaired) electrons. The first-order valence-electron chi connectivity index (χ1n) is 5.67. The Labute approximate surface area is 104 Å². The molecule has 0 unspecified atom stereocenters. The van der Waals surface area contributed by atoms with E-state index in [4.69, 9.17) is 4.52 Å². The van der Waals surface area contributed by atoms with Crippen LogP contribution in [-0.4, -0.2) is 33.4 Å². The monoisotopic (exact) mass is 247 g/mol. The summed E-state index contributed by atoms with van der Waals surface area (Å²) in [5, 5.41) is 3.60. The predicted octanol–water partition coefficient (Wildman–Crippen LogP) is 1.10. The van der Waals surface area contributed by atoms with E-state index in [9.17, 15) is 9.59 Å². The largest absolute Gasteiger partial charge is 0.335 e. The van der Waals surface area contributed by atoms with Crippen molar-refractivity contribution in [3.05, 3.63) is 29.9 Å². The van der Waals surface area contributed by atoms with E-state index in [2.05, 4.69) is 10.1 Å². The van der Waals surface area contributed by atoms with Crippen molar-refractivity contribution in [2.24, 2.45) is 0 Å². The predicted molar refractivity (Wildman–Crippen MR) is 63.2 cm³/mol. The number of aryl methyl sites for hydroxylation is 1. The maximum atomic E-state index is 11.8. The lowest BCUT2D eigenvalue weighted by Gasteiger charge is -2.14. The Morgan fingerprint density at radius 3 is 3.11 bits per heavy atom. The Hall–Kier alpha value is -2.24. The van der Waals surface area contributed by atoms with Crippen molar-refractivity contribution in [2.45, 2.75) is 19.8 Å². The number of hydrogen-bond donors (Lipinski definition) is 0. The highest BCUT2D eigenvalue weighted by Crippen LogP contribution is 2.06. The van der Waals surface area contributed by atoms with Gasteiger partial charge in [-0.05, 0) is 25.8 Å². The molecule has 0 aromatic carbocycles. The minimum atomic E-state index is -0.373. The average Bonchev–Trinajstić information content (AvgIpc) is 2.64. The first-order valence-corrected chi connectivity index (χ1v) is 5.67. The highest BCUT2D eigenvalue weighted by atomic mass is 16.5. The molecule has 2 amide bonds. The van der Waals surface area contributed by atoms with E-state index in [0.29, 0.717) is 12.4 Å². The highest BCUT2D eigenvalue weighted by molar-refractivity contribution is 6.06. The summed E-state index contributed by atoms with van der Waals surface area (Å²) in [6.45, 7) is 2.11. The minimum absolute atomic E-state index is 0.249. The summed E-state index contributed by atoms with van der Waals surface area (Å²) in [5.74, 6) is 0.0841. The van der Waals surface area contributed by atoms with Gasteiger partial charge in [0.05, 0.1) is 0 Å². The molecule has 6 nitrogen and oxygen atoms in total. The number of hydrogen-bond acceptors (Lipinski definition) is 5. The molecule has 1 aliphatic heterocycles. The summed E-state index contributed by atoms with van der Waals surface area (Å²) in [6.07, 6.45) is 7.47. The summed E-state index contributed by atoms with van der Waals surface area (Å²) in [7, 11) is 0. The molecule has 0 fully saturated rings. The van der Waals surface area contributed by atoms with Gasteiger partial charge in [-0.3, -0.25) is 14.5 Å². The van der Waals surface area contributed by atoms with Gasteiger partial charge in [0.25, 0.3) is 17.7 Å². The molecule has 1 aromatic heterocycles. The lowest BCUT2D eigenvalue weighted by atomic mass is 10.3. The lowest BCUT2D eigenvalue weighted by molar-refractivity contribution is -0.138. The van der Waals surface area contributed by atoms with Crippen LogP contribution < -0.4 is 0 Å². The summed E-state index contributed by atoms with van der Waals surface area (Å²) >= 11 is 0. The van der Waals surface area contributed by atoms with Gasteiger partial charge >= 0.3 is 0 Å². The smallest absolute Gasteiger partial charge is 0.253 e. The van der Waals surface area contributed by atoms with Crippen LogP contribution in [0.4, 0.5) is 0 Å². The highest BCUT2D eigenvalue weighted by Gasteiger charge is 2.18. The molecule has 0 saturated heterocycles. The fraction of sp³-hybridized carbons (Fsp3) is 0.333. The maximum Gasteiger partial charge on any atom is 0.253 e. The number of amides is 2. The molecule has 94 valence electrons. The van der Waals surface area contributed by atoms with Crippen molar-refractivity contribution in [1.29, 1.82) is 0 Å². The van der Waals surface area contributed by atoms with Crippen LogP contribution in [0.3, 0.4) is 0 Å². The number of imide groups is 1. The number of allylic oxidation sites excluding steroid dienone is 1. The van der Waals surface area contributed by atoms with E-state index >= 15 is 0 Å². The van der Waals surface area contributed by atoms with Crippen LogP contribution in [0.2, 0.25) is 0 Å². The Morgan fingerprint density at radius 2 is 2.39 bits per heavy atom. The Balaban J connectivity index is 2.05. The van der Waals surface area contributed by atoms with Crippen molar-refractivity contribution in [3.8, 4) is 0 Å². The molecule has 1 aliphatic rings. The SMILES string of the molecule is Cc1noc(/C=C/C(=O)N2CCCC=CC2=O)n1. The fourth-order valence-corrected chi connectivity index (χ4v) is 1.58. The number of carbonyl (C=O) groups is 2. The van der Waals surface area contributed by atoms with Crippen molar-refractivity contribution in [3.63, 3.8) is 0 Å². The quantitative estimate of drug-likeness (QED) is 0.731. The Bertz CT molecular complexity index is 516. The second-order valence-electron chi connectivity index (χ2n) is 3.89. The number of aromatic nitrogens is 2. The molecule has 0 aliphatic carbocycles. The van der Waals surface area contributed by atoms with Crippen LogP contribution >= 0.6 is 0 Å². The molecule has 0 bridgehead atoms. The van der Waals surface area contributed by atoms with Gasteiger partial charge in [0, 0.05) is 18.7 Å². The molecule has 2 heterocycles. The van der Waals surface area contributed by atoms with Gasteiger partial charge < -0.3 is 4.52 Å². The van der Waals surface area contributed by atoms with Crippen molar-refractivity contribution in [1.82, 2.24) is 15.0 Å². The van der Waals surface area contributed by atoms with Crippen LogP contribution in [0.15, 0.2) is 22.8 Å². The van der Waals surface area contributed by atoms with Crippen molar-refractivity contribution in [2.75, 3.05) is 6.54 Å². The second kappa shape index (κ2) is 5.39. The summed E-state index contributed by atoms with van der Waals surface area (Å²) in [4.78, 5) is 28.6. The zero-order valence-corrected chi connectivity index (χ0v) is 10.00. The van der Waals surface area contributed by atoms with Gasteiger partial charge in [-0.2, -0.15) is 4.98 Å². The van der Waals surface area contributed by atoms with Crippen LogP contribution in [0.25, 0.3) is 6.08 Å². The lowest BCUT2D eigenvalue weighted by Crippen LogP contribution is -2.34. The van der Waals surface area contributed by atoms with Crippen molar-refractivity contribution < 1.29 is 14.1 Å². The normalized spacial score (nSPS) is 16.3. The summed E-state index contributed by atoms with van der Waals surface area (Å²) < 4.78 is 4.84. The third-order valence-corrected chi connectivity index (χ3v) is 2.46. The van der Waals surface area contributed by atoms with Crippen LogP contribution in [0.5, 0.6) is 0 Å². The van der Waals surface area contributed by atoms with E-state index in [1.807, 2.05) is 0 Å². The van der Waals surface area contributed by atoms with Crippen molar-refractivity contribution >= 4 is 17.9 Å². The molecule has 2 rings (SSSR count). The average molecular weight is 247 g/mol. The van der Waals surface area contributed by atoms with Gasteiger partial charge in [0.1, 0.15) is 0 Å². The molecule has 0 saturated carbocycles. The number of carbonyl (C=O) groups excluding carboxylic acids is 2. The third kappa shape index (κ3) is 2.91. The van der Waals surface area contributed by atoms with E-state index in [-0.39, 0.29) is 17.7 Å². The molecule has 6 heteroatoms. The van der Waals surface area contributed by atoms with E-state index in [1.165, 1.54) is 23.1 Å². The topological polar surface area (TPSA) is 76.3 Å². The molecular formula is C12H13N3O3. The molecule has 0 N–H and O–H groups in total. The van der Waals surface area contributed by atoms with Crippen LogP contribution in [0.1, 0.15) is 24.6 Å². The van der Waals surface area contributed by atoms with E-state index in [0.717, 1.165) is 12.8 Å². The maximum absolute atomic E-state index is 11.8. The molecule has 0 spiro atoms. The zero-order chi connectivity index (χ0) is 13.0. The summed E-state index contributed by atoms with van der Waals surface area (Å²) in [6, 6.07) is 0. The Kier molecular flexibility index (Phi) is 3.66. The van der Waals surface area contributed by atoms with E-state index < -0.39 is 0 Å². The third-order valence-electron chi connectivity index (χ3n) is 2.46. The molecular weight excluding hydrogens is 234 g/mol. The van der Waals surface area contributed by atoms with Gasteiger partial charge in [-0.1, -0.05) is 11.2 Å². The second-order valence-corrected chi connectivity index (χ2v) is 3.89. The van der Waals surface area contributed by atoms with Gasteiger partial charge in [0.2, 0.25) is 0 Å². The van der Waals surface area contributed by atoms with Gasteiger partial charge in [0.15, 0.2) is 5.82 Å². The van der Waals surface area contributed by atoms with Crippen LogP contribution in [0, 0.1) is 6.92 Å². The van der Waals surface area contributed by atoms with E-state index in [1.54, 1.807) is 13.0 Å². The van der Waals surface area contributed by atoms with Gasteiger partial charge in [-0.15, -0.1) is 0 Å². The fourth-order valence-electron chi connectivity index (χ4n) is 1.58. The molecule has 18 heavy (non-hydrogen) atoms. The molecule has 0 atom stereocenters. The number of nitrogens with zero attached hydrogens (tertiary/aromatic N) is 3. The Morgan fingerprint density at radius 1 is 1.56 bits per heavy atom. The first-order chi connectivity index (χ1) is 8.66. The van der Waals surface area contributed by atoms with Crippen LogP contribution in [-0.2, 0) is 9.59 Å². The number of rotatable bonds is 2. The zero-order valence-electron chi connectivity index (χ0n) is 10.00. The van der Waals surface area contributed by atoms with Gasteiger partial charge in [-0.25, -0.2) is 0 Å². The standard InChI is InChI=1S/C12H13N3O3/c1-9-13-10(18-14-9)6-7-12(17)15-8-4-2-3-5-11(15)16/h3,5-7H,2,4,8H2,1H3/b7-6+. The summed E-state index contributed by atoms with van der Waals surface area (Å²) in [5.41, 5.74) is 0.